The first-order valence-electron chi connectivity index (χ1n) is 13.1. The number of nitrogens with zero attached hydrogens (tertiary/aromatic N) is 4. The number of nitrogens with one attached hydrogen (secondary N) is 2. The van der Waals surface area contributed by atoms with E-state index in [1.165, 1.54) is 4.52 Å². The minimum atomic E-state index is -3.67. The summed E-state index contributed by atoms with van der Waals surface area (Å²) in [7, 11) is -3.67. The van der Waals surface area contributed by atoms with E-state index in [1.807, 2.05) is 13.0 Å². The van der Waals surface area contributed by atoms with Crippen molar-refractivity contribution in [1.82, 2.24) is 24.8 Å². The number of hydrogen-bond donors (Lipinski definition) is 4. The van der Waals surface area contributed by atoms with Gasteiger partial charge in [0.05, 0.1) is 35.8 Å². The van der Waals surface area contributed by atoms with Crippen LogP contribution in [0.25, 0.3) is 16.9 Å². The summed E-state index contributed by atoms with van der Waals surface area (Å²) >= 11 is 0. The first kappa shape index (κ1) is 25.6. The summed E-state index contributed by atoms with van der Waals surface area (Å²) in [6.45, 7) is 2.23. The average molecular weight is 554 g/mol. The highest BCUT2D eigenvalue weighted by molar-refractivity contribution is 7.92. The van der Waals surface area contributed by atoms with E-state index < -0.39 is 15.9 Å². The van der Waals surface area contributed by atoms with Crippen molar-refractivity contribution in [3.05, 3.63) is 41.1 Å². The van der Waals surface area contributed by atoms with Gasteiger partial charge in [0.2, 0.25) is 10.0 Å². The molecular formula is C26H31N7O5S. The van der Waals surface area contributed by atoms with Gasteiger partial charge < -0.3 is 21.1 Å². The normalized spacial score (nSPS) is 18.7. The Morgan fingerprint density at radius 3 is 2.59 bits per heavy atom. The Labute approximate surface area is 225 Å². The number of carbonyl (C=O) groups excluding carboxylic acids is 2. The van der Waals surface area contributed by atoms with Crippen LogP contribution in [0.2, 0.25) is 0 Å². The van der Waals surface area contributed by atoms with Crippen molar-refractivity contribution in [2.24, 2.45) is 11.8 Å². The quantitative estimate of drug-likeness (QED) is 0.309. The minimum Gasteiger partial charge on any atom is -0.394 e. The molecule has 2 aromatic heterocycles. The van der Waals surface area contributed by atoms with Crippen LogP contribution in [0.5, 0.6) is 0 Å². The lowest BCUT2D eigenvalue weighted by Crippen LogP contribution is -2.39. The van der Waals surface area contributed by atoms with Crippen molar-refractivity contribution in [2.45, 2.75) is 51.2 Å². The number of rotatable bonds is 9. The van der Waals surface area contributed by atoms with Crippen LogP contribution in [0, 0.1) is 11.8 Å². The van der Waals surface area contributed by atoms with Gasteiger partial charge in [0.15, 0.2) is 11.5 Å². The molecule has 2 saturated carbocycles. The van der Waals surface area contributed by atoms with Gasteiger partial charge >= 0.3 is 0 Å². The van der Waals surface area contributed by atoms with Crippen LogP contribution in [-0.2, 0) is 16.6 Å². The van der Waals surface area contributed by atoms with Gasteiger partial charge in [-0.1, -0.05) is 0 Å². The Morgan fingerprint density at radius 1 is 1.23 bits per heavy atom. The molecule has 3 heterocycles. The van der Waals surface area contributed by atoms with Crippen molar-refractivity contribution in [3.8, 4) is 11.3 Å². The maximum Gasteiger partial charge on any atom is 0.259 e. The maximum atomic E-state index is 13.4. The van der Waals surface area contributed by atoms with E-state index in [9.17, 15) is 23.1 Å². The van der Waals surface area contributed by atoms with Crippen molar-refractivity contribution < 1.29 is 23.1 Å². The zero-order valence-electron chi connectivity index (χ0n) is 21.7. The first-order chi connectivity index (χ1) is 18.5. The number of aliphatic hydroxyl groups is 1. The van der Waals surface area contributed by atoms with Gasteiger partial charge in [-0.3, -0.25) is 14.3 Å². The number of nitrogen functional groups attached to an aromatic ring is 1. The fraction of sp³-hybridized carbons (Fsp3) is 0.462. The number of aromatic nitrogens is 3. The molecule has 0 saturated heterocycles. The van der Waals surface area contributed by atoms with Gasteiger partial charge in [0, 0.05) is 24.3 Å². The fourth-order valence-corrected chi connectivity index (χ4v) is 6.01. The molecule has 1 aromatic carbocycles. The van der Waals surface area contributed by atoms with Crippen molar-refractivity contribution in [1.29, 1.82) is 0 Å². The largest absolute Gasteiger partial charge is 0.394 e. The second kappa shape index (κ2) is 9.19. The van der Waals surface area contributed by atoms with Crippen molar-refractivity contribution >= 4 is 39.0 Å². The zero-order chi connectivity index (χ0) is 27.6. The number of amides is 2. The van der Waals surface area contributed by atoms with E-state index in [0.29, 0.717) is 34.8 Å². The van der Waals surface area contributed by atoms with Crippen LogP contribution < -0.4 is 15.8 Å². The molecule has 3 aromatic rings. The number of sulfonamides is 1. The van der Waals surface area contributed by atoms with Crippen LogP contribution in [0.3, 0.4) is 0 Å². The van der Waals surface area contributed by atoms with Crippen molar-refractivity contribution in [2.75, 3.05) is 23.3 Å². The highest BCUT2D eigenvalue weighted by Crippen LogP contribution is 2.41. The number of nitrogens with two attached hydrogens (primary N) is 1. The molecule has 13 heteroatoms. The highest BCUT2D eigenvalue weighted by Gasteiger charge is 2.40. The monoisotopic (exact) mass is 553 g/mol. The molecule has 12 nitrogen and oxygen atoms in total. The van der Waals surface area contributed by atoms with Gasteiger partial charge in [-0.05, 0) is 68.2 Å². The van der Waals surface area contributed by atoms with E-state index >= 15 is 0 Å². The van der Waals surface area contributed by atoms with Crippen LogP contribution in [0.15, 0.2) is 24.4 Å². The molecule has 5 N–H and O–H groups in total. The zero-order valence-corrected chi connectivity index (χ0v) is 22.5. The molecule has 39 heavy (non-hydrogen) atoms. The molecule has 0 spiro atoms. The van der Waals surface area contributed by atoms with E-state index in [-0.39, 0.29) is 53.2 Å². The predicted octanol–water partition coefficient (Wildman–Crippen LogP) is 1.60. The summed E-state index contributed by atoms with van der Waals surface area (Å²) < 4.78 is 28.3. The fourth-order valence-electron chi connectivity index (χ4n) is 5.45. The highest BCUT2D eigenvalue weighted by atomic mass is 32.2. The number of aliphatic hydroxyl groups excluding tert-OH is 1. The van der Waals surface area contributed by atoms with E-state index in [2.05, 4.69) is 20.1 Å². The smallest absolute Gasteiger partial charge is 0.259 e. The lowest BCUT2D eigenvalue weighted by Gasteiger charge is -2.24. The molecule has 0 radical (unpaired) electrons. The maximum absolute atomic E-state index is 13.4. The molecule has 206 valence electrons. The van der Waals surface area contributed by atoms with Crippen LogP contribution in [-0.4, -0.2) is 69.8 Å². The average Bonchev–Trinajstić information content (AvgIpc) is 3.80. The third-order valence-corrected chi connectivity index (χ3v) is 8.46. The summed E-state index contributed by atoms with van der Waals surface area (Å²) in [4.78, 5) is 33.0. The van der Waals surface area contributed by atoms with Gasteiger partial charge in [-0.2, -0.15) is 0 Å². The molecular weight excluding hydrogens is 522 g/mol. The Morgan fingerprint density at radius 2 is 1.95 bits per heavy atom. The second-order valence-corrected chi connectivity index (χ2v) is 12.6. The summed E-state index contributed by atoms with van der Waals surface area (Å²) in [5, 5.41) is 16.7. The molecule has 2 fully saturated rings. The summed E-state index contributed by atoms with van der Waals surface area (Å²) in [6, 6.07) is 4.82. The summed E-state index contributed by atoms with van der Waals surface area (Å²) in [6.07, 6.45) is 6.71. The van der Waals surface area contributed by atoms with E-state index in [4.69, 9.17) is 5.73 Å². The van der Waals surface area contributed by atoms with Crippen molar-refractivity contribution in [3.63, 3.8) is 0 Å². The molecule has 0 bridgehead atoms. The lowest BCUT2D eigenvalue weighted by atomic mass is 10.0. The number of hydrogen-bond acceptors (Lipinski definition) is 8. The third-order valence-electron chi connectivity index (χ3n) is 7.87. The molecule has 0 unspecified atom stereocenters. The Hall–Kier alpha value is -3.71. The SMILES string of the molecule is C[C@@H](C1CC1)N1Cc2cc(-c3ccn4nc(N)c(C(=O)N[C@@H](CO)C5CC5)c4n3)cc(NS(C)(=O)=O)c2C1=O. The standard InChI is InChI=1S/C26H31N7O5S/c1-13(14-3-4-14)32-11-17-9-16(10-19(21(17)26(32)36)31-39(2,37)38)18-7-8-33-24(28-18)22(23(27)30-33)25(35)29-20(12-34)15-5-6-15/h7-10,13-15,20,31,34H,3-6,11-12H2,1-2H3,(H2,27,30)(H,29,35)/t13-,20-/m0/s1. The van der Waals surface area contributed by atoms with Gasteiger partial charge in [0.1, 0.15) is 5.56 Å². The summed E-state index contributed by atoms with van der Waals surface area (Å²) in [5.41, 5.74) is 8.71. The van der Waals surface area contributed by atoms with Gasteiger partial charge in [0.25, 0.3) is 11.8 Å². The molecule has 6 rings (SSSR count). The van der Waals surface area contributed by atoms with Gasteiger partial charge in [-0.15, -0.1) is 5.10 Å². The minimum absolute atomic E-state index is 0.00771. The molecule has 2 amide bonds. The van der Waals surface area contributed by atoms with E-state index in [0.717, 1.165) is 31.9 Å². The molecule has 2 atom stereocenters. The Bertz CT molecular complexity index is 1610. The Balaban J connectivity index is 1.40. The number of fused-ring (bicyclic) bond motifs is 2. The second-order valence-electron chi connectivity index (χ2n) is 10.9. The predicted molar refractivity (Wildman–Crippen MR) is 144 cm³/mol. The van der Waals surface area contributed by atoms with Crippen LogP contribution in [0.4, 0.5) is 11.5 Å². The summed E-state index contributed by atoms with van der Waals surface area (Å²) in [5.74, 6) is 0.0419. The first-order valence-corrected chi connectivity index (χ1v) is 15.0. The Kier molecular flexibility index (Phi) is 6.03. The van der Waals surface area contributed by atoms with Gasteiger partial charge in [-0.25, -0.2) is 17.9 Å². The lowest BCUT2D eigenvalue weighted by molar-refractivity contribution is 0.0698. The topological polar surface area (TPSA) is 172 Å². The van der Waals surface area contributed by atoms with Crippen LogP contribution >= 0.6 is 0 Å². The molecule has 1 aliphatic heterocycles. The third kappa shape index (κ3) is 4.80. The molecule has 2 aliphatic carbocycles. The molecule has 3 aliphatic rings. The number of benzene rings is 1. The van der Waals surface area contributed by atoms with E-state index in [1.54, 1.807) is 23.2 Å². The number of carbonyl (C=O) groups is 2. The van der Waals surface area contributed by atoms with Crippen LogP contribution in [0.1, 0.15) is 58.9 Å². The number of anilines is 2.